The lowest BCUT2D eigenvalue weighted by Gasteiger charge is -2.17. The first-order chi connectivity index (χ1) is 15.4. The SMILES string of the molecule is FC(F)(F)Oc1cccc(SNC2CCN(Cc3ccc(-c4ccccc4Cl)cc3)C2)c1. The Morgan fingerprint density at radius 1 is 1.03 bits per heavy atom. The van der Waals surface area contributed by atoms with Crippen molar-refractivity contribution in [3.8, 4) is 16.9 Å². The third kappa shape index (κ3) is 6.42. The minimum Gasteiger partial charge on any atom is -0.406 e. The molecule has 1 fully saturated rings. The predicted molar refractivity (Wildman–Crippen MR) is 123 cm³/mol. The molecule has 3 aromatic carbocycles. The maximum Gasteiger partial charge on any atom is 0.573 e. The van der Waals surface area contributed by atoms with Crippen molar-refractivity contribution in [3.63, 3.8) is 0 Å². The molecule has 32 heavy (non-hydrogen) atoms. The molecule has 1 unspecified atom stereocenters. The Morgan fingerprint density at radius 3 is 2.56 bits per heavy atom. The van der Waals surface area contributed by atoms with Crippen LogP contribution in [-0.4, -0.2) is 30.4 Å². The Morgan fingerprint density at radius 2 is 1.81 bits per heavy atom. The zero-order chi connectivity index (χ0) is 22.6. The van der Waals surface area contributed by atoms with Crippen molar-refractivity contribution in [2.75, 3.05) is 13.1 Å². The highest BCUT2D eigenvalue weighted by atomic mass is 35.5. The van der Waals surface area contributed by atoms with Crippen LogP contribution >= 0.6 is 23.5 Å². The third-order valence-corrected chi connectivity index (χ3v) is 6.47. The number of ether oxygens (including phenoxy) is 1. The maximum atomic E-state index is 12.4. The van der Waals surface area contributed by atoms with Crippen LogP contribution in [-0.2, 0) is 6.54 Å². The number of rotatable bonds is 7. The molecule has 0 aliphatic carbocycles. The molecule has 0 amide bonds. The standard InChI is InChI=1S/C24H22ClF3N2OS/c25-23-7-2-1-6-22(23)18-10-8-17(9-11-18)15-30-13-12-19(16-30)29-32-21-5-3-4-20(14-21)31-24(26,27)28/h1-11,14,19,29H,12-13,15-16H2. The highest BCUT2D eigenvalue weighted by Crippen LogP contribution is 2.29. The molecule has 8 heteroatoms. The van der Waals surface area contributed by atoms with Gasteiger partial charge in [0.25, 0.3) is 0 Å². The number of halogens is 4. The normalized spacial score (nSPS) is 16.9. The lowest BCUT2D eigenvalue weighted by atomic mass is 10.0. The molecule has 3 nitrogen and oxygen atoms in total. The van der Waals surface area contributed by atoms with Gasteiger partial charge in [0.15, 0.2) is 0 Å². The van der Waals surface area contributed by atoms with Crippen molar-refractivity contribution < 1.29 is 17.9 Å². The fourth-order valence-electron chi connectivity index (χ4n) is 3.70. The van der Waals surface area contributed by atoms with E-state index in [-0.39, 0.29) is 11.8 Å². The summed E-state index contributed by atoms with van der Waals surface area (Å²) in [4.78, 5) is 3.05. The Bertz CT molecular complexity index is 1050. The highest BCUT2D eigenvalue weighted by molar-refractivity contribution is 7.97. The van der Waals surface area contributed by atoms with Gasteiger partial charge in [0.05, 0.1) is 0 Å². The first kappa shape index (κ1) is 23.0. The summed E-state index contributed by atoms with van der Waals surface area (Å²) in [5.74, 6) is -0.211. The summed E-state index contributed by atoms with van der Waals surface area (Å²) < 4.78 is 44.5. The van der Waals surface area contributed by atoms with Gasteiger partial charge in [-0.25, -0.2) is 0 Å². The number of hydrogen-bond donors (Lipinski definition) is 1. The molecule has 1 atom stereocenters. The van der Waals surface area contributed by atoms with Gasteiger partial charge in [-0.05, 0) is 53.8 Å². The van der Waals surface area contributed by atoms with Gasteiger partial charge in [-0.15, -0.1) is 13.2 Å². The summed E-state index contributed by atoms with van der Waals surface area (Å²) in [6, 6.07) is 22.5. The van der Waals surface area contributed by atoms with Crippen LogP contribution in [0.15, 0.2) is 77.7 Å². The van der Waals surface area contributed by atoms with E-state index in [0.29, 0.717) is 4.90 Å². The largest absolute Gasteiger partial charge is 0.573 e. The molecule has 1 N–H and O–H groups in total. The highest BCUT2D eigenvalue weighted by Gasteiger charge is 2.31. The number of nitrogens with one attached hydrogen (secondary N) is 1. The van der Waals surface area contributed by atoms with Crippen molar-refractivity contribution in [1.82, 2.24) is 9.62 Å². The van der Waals surface area contributed by atoms with Gasteiger partial charge in [-0.1, -0.05) is 60.1 Å². The Kier molecular flexibility index (Phi) is 7.30. The van der Waals surface area contributed by atoms with Crippen molar-refractivity contribution in [2.24, 2.45) is 0 Å². The van der Waals surface area contributed by atoms with Gasteiger partial charge < -0.3 is 4.74 Å². The van der Waals surface area contributed by atoms with Gasteiger partial charge in [-0.2, -0.15) is 0 Å². The van der Waals surface area contributed by atoms with E-state index in [9.17, 15) is 13.2 Å². The molecule has 0 aromatic heterocycles. The molecular formula is C24H22ClF3N2OS. The van der Waals surface area contributed by atoms with E-state index in [2.05, 4.69) is 38.6 Å². The molecule has 3 aromatic rings. The molecule has 1 saturated heterocycles. The Balaban J connectivity index is 1.27. The third-order valence-electron chi connectivity index (χ3n) is 5.20. The van der Waals surface area contributed by atoms with E-state index in [1.165, 1.54) is 29.6 Å². The van der Waals surface area contributed by atoms with Gasteiger partial charge in [0.1, 0.15) is 5.75 Å². The van der Waals surface area contributed by atoms with E-state index in [4.69, 9.17) is 11.6 Å². The topological polar surface area (TPSA) is 24.5 Å². The number of benzene rings is 3. The average molecular weight is 479 g/mol. The van der Waals surface area contributed by atoms with Crippen molar-refractivity contribution >= 4 is 23.5 Å². The molecule has 1 aliphatic heterocycles. The summed E-state index contributed by atoms with van der Waals surface area (Å²) >= 11 is 7.62. The lowest BCUT2D eigenvalue weighted by molar-refractivity contribution is -0.274. The van der Waals surface area contributed by atoms with Crippen LogP contribution in [0, 0.1) is 0 Å². The molecule has 1 aliphatic rings. The maximum absolute atomic E-state index is 12.4. The average Bonchev–Trinajstić information content (AvgIpc) is 3.20. The molecule has 4 rings (SSSR count). The van der Waals surface area contributed by atoms with Gasteiger partial charge in [-0.3, -0.25) is 9.62 Å². The molecular weight excluding hydrogens is 457 g/mol. The van der Waals surface area contributed by atoms with Gasteiger partial charge in [0, 0.05) is 41.2 Å². The zero-order valence-corrected chi connectivity index (χ0v) is 18.7. The number of hydrogen-bond acceptors (Lipinski definition) is 4. The van der Waals surface area contributed by atoms with Crippen molar-refractivity contribution in [3.05, 3.63) is 83.4 Å². The summed E-state index contributed by atoms with van der Waals surface area (Å²) in [7, 11) is 0. The Labute approximate surface area is 194 Å². The van der Waals surface area contributed by atoms with Gasteiger partial charge >= 0.3 is 6.36 Å². The molecule has 168 valence electrons. The number of alkyl halides is 3. The smallest absolute Gasteiger partial charge is 0.406 e. The molecule has 0 saturated carbocycles. The van der Waals surface area contributed by atoms with Crippen LogP contribution in [0.2, 0.25) is 5.02 Å². The number of likely N-dealkylation sites (tertiary alicyclic amines) is 1. The second-order valence-electron chi connectivity index (χ2n) is 7.64. The van der Waals surface area contributed by atoms with Crippen LogP contribution in [0.4, 0.5) is 13.2 Å². The number of nitrogens with zero attached hydrogens (tertiary/aromatic N) is 1. The minimum absolute atomic E-state index is 0.211. The monoisotopic (exact) mass is 478 g/mol. The van der Waals surface area contributed by atoms with E-state index >= 15 is 0 Å². The molecule has 0 bridgehead atoms. The van der Waals surface area contributed by atoms with E-state index in [0.717, 1.165) is 42.2 Å². The van der Waals surface area contributed by atoms with Crippen LogP contribution in [0.25, 0.3) is 11.1 Å². The Hall–Kier alpha value is -2.19. The summed E-state index contributed by atoms with van der Waals surface area (Å²) in [6.07, 6.45) is -3.71. The predicted octanol–water partition coefficient (Wildman–Crippen LogP) is 6.78. The first-order valence-electron chi connectivity index (χ1n) is 10.2. The first-order valence-corrected chi connectivity index (χ1v) is 11.4. The zero-order valence-electron chi connectivity index (χ0n) is 17.1. The summed E-state index contributed by atoms with van der Waals surface area (Å²) in [6.45, 7) is 2.68. The van der Waals surface area contributed by atoms with Crippen LogP contribution < -0.4 is 9.46 Å². The van der Waals surface area contributed by atoms with Crippen LogP contribution in [0.5, 0.6) is 5.75 Å². The van der Waals surface area contributed by atoms with Crippen molar-refractivity contribution in [2.45, 2.75) is 30.3 Å². The lowest BCUT2D eigenvalue weighted by Crippen LogP contribution is -2.28. The molecule has 1 heterocycles. The van der Waals surface area contributed by atoms with Crippen LogP contribution in [0.1, 0.15) is 12.0 Å². The second kappa shape index (κ2) is 10.2. The van der Waals surface area contributed by atoms with Gasteiger partial charge in [0.2, 0.25) is 0 Å². The fraction of sp³-hybridized carbons (Fsp3) is 0.250. The second-order valence-corrected chi connectivity index (χ2v) is 8.96. The summed E-state index contributed by atoms with van der Waals surface area (Å²) in [5.41, 5.74) is 3.34. The fourth-order valence-corrected chi connectivity index (χ4v) is 4.76. The molecule has 0 radical (unpaired) electrons. The van der Waals surface area contributed by atoms with E-state index in [1.54, 1.807) is 12.1 Å². The van der Waals surface area contributed by atoms with Crippen molar-refractivity contribution in [1.29, 1.82) is 0 Å². The van der Waals surface area contributed by atoms with E-state index in [1.807, 2.05) is 24.3 Å². The molecule has 0 spiro atoms. The van der Waals surface area contributed by atoms with Crippen LogP contribution in [0.3, 0.4) is 0 Å². The minimum atomic E-state index is -4.69. The summed E-state index contributed by atoms with van der Waals surface area (Å²) in [5, 5.41) is 0.738. The quantitative estimate of drug-likeness (QED) is 0.378. The van der Waals surface area contributed by atoms with E-state index < -0.39 is 6.36 Å².